The fourth-order valence-electron chi connectivity index (χ4n) is 3.45. The number of halogens is 1. The molecule has 1 N–H and O–H groups in total. The molecule has 2 nitrogen and oxygen atoms in total. The molecule has 1 aromatic carbocycles. The van der Waals surface area contributed by atoms with Crippen LogP contribution >= 0.6 is 11.6 Å². The molecule has 98 valence electrons. The monoisotopic (exact) mass is 272 g/mol. The fraction of sp³-hybridized carbons (Fsp3) is 0.438. The Morgan fingerprint density at radius 3 is 2.79 bits per heavy atom. The number of rotatable bonds is 3. The highest BCUT2D eigenvalue weighted by molar-refractivity contribution is 6.33. The van der Waals surface area contributed by atoms with Crippen LogP contribution in [0.2, 0.25) is 5.02 Å². The minimum atomic E-state index is 0.408. The Kier molecular flexibility index (Phi) is 3.24. The van der Waals surface area contributed by atoms with Crippen LogP contribution in [-0.4, -0.2) is 6.04 Å². The van der Waals surface area contributed by atoms with Crippen molar-refractivity contribution in [1.29, 1.82) is 5.26 Å². The molecule has 0 radical (unpaired) electrons. The first-order valence-corrected chi connectivity index (χ1v) is 7.19. The second-order valence-electron chi connectivity index (χ2n) is 5.68. The van der Waals surface area contributed by atoms with Gasteiger partial charge in [-0.1, -0.05) is 23.8 Å². The summed E-state index contributed by atoms with van der Waals surface area (Å²) in [5.74, 6) is 2.21. The summed E-state index contributed by atoms with van der Waals surface area (Å²) in [5.41, 5.74) is 1.53. The number of allylic oxidation sites excluding steroid dienone is 2. The van der Waals surface area contributed by atoms with Gasteiger partial charge in [-0.05, 0) is 55.7 Å². The quantitative estimate of drug-likeness (QED) is 0.836. The molecule has 0 spiro atoms. The summed E-state index contributed by atoms with van der Waals surface area (Å²) in [5, 5.41) is 13.0. The lowest BCUT2D eigenvalue weighted by Gasteiger charge is -2.27. The van der Waals surface area contributed by atoms with Crippen LogP contribution in [0.1, 0.15) is 25.3 Å². The molecule has 0 amide bonds. The van der Waals surface area contributed by atoms with Crippen molar-refractivity contribution in [3.8, 4) is 6.07 Å². The SMILES string of the molecule is CC(Nc1ccc(C#N)cc1Cl)C1CC2C=CC1C2. The van der Waals surface area contributed by atoms with Crippen molar-refractivity contribution in [2.75, 3.05) is 5.32 Å². The highest BCUT2D eigenvalue weighted by Crippen LogP contribution is 2.45. The van der Waals surface area contributed by atoms with Gasteiger partial charge < -0.3 is 5.32 Å². The number of nitrogens with zero attached hydrogens (tertiary/aromatic N) is 1. The summed E-state index contributed by atoms with van der Waals surface area (Å²) in [4.78, 5) is 0. The van der Waals surface area contributed by atoms with E-state index in [2.05, 4.69) is 30.5 Å². The predicted molar refractivity (Wildman–Crippen MR) is 78.1 cm³/mol. The summed E-state index contributed by atoms with van der Waals surface area (Å²) < 4.78 is 0. The van der Waals surface area contributed by atoms with E-state index < -0.39 is 0 Å². The van der Waals surface area contributed by atoms with Gasteiger partial charge >= 0.3 is 0 Å². The molecule has 3 heteroatoms. The molecule has 1 fully saturated rings. The maximum atomic E-state index is 8.84. The first kappa shape index (κ1) is 12.6. The summed E-state index contributed by atoms with van der Waals surface area (Å²) in [7, 11) is 0. The van der Waals surface area contributed by atoms with Gasteiger partial charge in [0, 0.05) is 6.04 Å². The normalized spacial score (nSPS) is 29.2. The Balaban J connectivity index is 1.71. The van der Waals surface area contributed by atoms with E-state index in [1.165, 1.54) is 12.8 Å². The molecule has 4 atom stereocenters. The van der Waals surface area contributed by atoms with Crippen LogP contribution in [0.15, 0.2) is 30.4 Å². The van der Waals surface area contributed by atoms with Gasteiger partial charge in [-0.25, -0.2) is 0 Å². The Bertz CT molecular complexity index is 558. The number of nitrogens with one attached hydrogen (secondary N) is 1. The van der Waals surface area contributed by atoms with Crippen molar-refractivity contribution in [3.05, 3.63) is 40.9 Å². The van der Waals surface area contributed by atoms with E-state index in [4.69, 9.17) is 16.9 Å². The lowest BCUT2D eigenvalue weighted by Crippen LogP contribution is -2.28. The van der Waals surface area contributed by atoms with Crippen LogP contribution in [0.5, 0.6) is 0 Å². The van der Waals surface area contributed by atoms with Crippen LogP contribution in [0.3, 0.4) is 0 Å². The Labute approximate surface area is 119 Å². The molecular formula is C16H17ClN2. The number of hydrogen-bond donors (Lipinski definition) is 1. The Morgan fingerprint density at radius 1 is 1.37 bits per heavy atom. The van der Waals surface area contributed by atoms with Crippen molar-refractivity contribution >= 4 is 17.3 Å². The molecule has 1 aromatic rings. The summed E-state index contributed by atoms with van der Waals surface area (Å²) >= 11 is 6.21. The van der Waals surface area contributed by atoms with Crippen molar-refractivity contribution in [2.45, 2.75) is 25.8 Å². The maximum absolute atomic E-state index is 8.84. The van der Waals surface area contributed by atoms with Crippen molar-refractivity contribution in [2.24, 2.45) is 17.8 Å². The van der Waals surface area contributed by atoms with Crippen molar-refractivity contribution in [3.63, 3.8) is 0 Å². The summed E-state index contributed by atoms with van der Waals surface area (Å²) in [6.07, 6.45) is 7.33. The first-order chi connectivity index (χ1) is 9.17. The van der Waals surface area contributed by atoms with Gasteiger partial charge in [0.15, 0.2) is 0 Å². The zero-order chi connectivity index (χ0) is 13.4. The number of benzene rings is 1. The molecule has 0 saturated heterocycles. The molecule has 19 heavy (non-hydrogen) atoms. The van der Waals surface area contributed by atoms with Gasteiger partial charge in [0.2, 0.25) is 0 Å². The molecule has 0 aromatic heterocycles. The van der Waals surface area contributed by atoms with E-state index in [9.17, 15) is 0 Å². The highest BCUT2D eigenvalue weighted by Gasteiger charge is 2.38. The van der Waals surface area contributed by atoms with Gasteiger partial charge in [0.25, 0.3) is 0 Å². The van der Waals surface area contributed by atoms with Crippen LogP contribution in [0.4, 0.5) is 5.69 Å². The Morgan fingerprint density at radius 2 is 2.21 bits per heavy atom. The van der Waals surface area contributed by atoms with E-state index in [-0.39, 0.29) is 0 Å². The van der Waals surface area contributed by atoms with Crippen molar-refractivity contribution < 1.29 is 0 Å². The van der Waals surface area contributed by atoms with Crippen LogP contribution in [-0.2, 0) is 0 Å². The Hall–Kier alpha value is -1.46. The van der Waals surface area contributed by atoms with Gasteiger partial charge in [0.05, 0.1) is 22.3 Å². The molecule has 1 saturated carbocycles. The van der Waals surface area contributed by atoms with Gasteiger partial charge in [-0.3, -0.25) is 0 Å². The van der Waals surface area contributed by atoms with E-state index >= 15 is 0 Å². The summed E-state index contributed by atoms with van der Waals surface area (Å²) in [6.45, 7) is 2.23. The second-order valence-corrected chi connectivity index (χ2v) is 6.09. The number of anilines is 1. The minimum Gasteiger partial charge on any atom is -0.381 e. The number of fused-ring (bicyclic) bond motifs is 2. The molecule has 2 aliphatic rings. The van der Waals surface area contributed by atoms with E-state index in [1.54, 1.807) is 6.07 Å². The van der Waals surface area contributed by atoms with Crippen LogP contribution in [0.25, 0.3) is 0 Å². The molecule has 4 unspecified atom stereocenters. The standard InChI is InChI=1S/C16H17ClN2/c1-10(14-7-11-2-4-13(14)6-11)19-16-5-3-12(9-18)8-15(16)17/h2-5,8,10-11,13-14,19H,6-7H2,1H3. The van der Waals surface area contributed by atoms with E-state index in [0.29, 0.717) is 22.5 Å². The van der Waals surface area contributed by atoms with Gasteiger partial charge in [0.1, 0.15) is 0 Å². The van der Waals surface area contributed by atoms with Crippen LogP contribution < -0.4 is 5.32 Å². The molecule has 2 bridgehead atoms. The van der Waals surface area contributed by atoms with E-state index in [0.717, 1.165) is 17.5 Å². The molecule has 3 rings (SSSR count). The zero-order valence-electron chi connectivity index (χ0n) is 10.9. The molecule has 0 aliphatic heterocycles. The minimum absolute atomic E-state index is 0.408. The first-order valence-electron chi connectivity index (χ1n) is 6.82. The third kappa shape index (κ3) is 2.35. The van der Waals surface area contributed by atoms with Crippen molar-refractivity contribution in [1.82, 2.24) is 0 Å². The number of nitriles is 1. The van der Waals surface area contributed by atoms with E-state index in [1.807, 2.05) is 12.1 Å². The van der Waals surface area contributed by atoms with Gasteiger partial charge in [-0.2, -0.15) is 5.26 Å². The highest BCUT2D eigenvalue weighted by atomic mass is 35.5. The van der Waals surface area contributed by atoms with Crippen LogP contribution in [0, 0.1) is 29.1 Å². The lowest BCUT2D eigenvalue weighted by atomic mass is 9.87. The molecule has 2 aliphatic carbocycles. The molecular weight excluding hydrogens is 256 g/mol. The lowest BCUT2D eigenvalue weighted by molar-refractivity contribution is 0.400. The predicted octanol–water partition coefficient (Wildman–Crippen LogP) is 4.22. The third-order valence-electron chi connectivity index (χ3n) is 4.45. The topological polar surface area (TPSA) is 35.8 Å². The maximum Gasteiger partial charge on any atom is 0.0992 e. The second kappa shape index (κ2) is 4.90. The average molecular weight is 273 g/mol. The average Bonchev–Trinajstić information content (AvgIpc) is 3.03. The number of hydrogen-bond acceptors (Lipinski definition) is 2. The smallest absolute Gasteiger partial charge is 0.0992 e. The zero-order valence-corrected chi connectivity index (χ0v) is 11.7. The third-order valence-corrected chi connectivity index (χ3v) is 4.77. The largest absolute Gasteiger partial charge is 0.381 e. The summed E-state index contributed by atoms with van der Waals surface area (Å²) in [6, 6.07) is 7.94. The van der Waals surface area contributed by atoms with Gasteiger partial charge in [-0.15, -0.1) is 0 Å². The molecule has 0 heterocycles. The fourth-order valence-corrected chi connectivity index (χ4v) is 3.69.